The van der Waals surface area contributed by atoms with Crippen molar-refractivity contribution in [3.63, 3.8) is 0 Å². The summed E-state index contributed by atoms with van der Waals surface area (Å²) in [5, 5.41) is 0. The molecule has 0 atom stereocenters. The number of nitrogens with zero attached hydrogens (tertiary/aromatic N) is 5. The number of likely N-dealkylation sites (N-methyl/N-ethyl adjacent to an activating group) is 1. The maximum absolute atomic E-state index is 4.55. The van der Waals surface area contributed by atoms with Gasteiger partial charge in [-0.2, -0.15) is 0 Å². The fourth-order valence-corrected chi connectivity index (χ4v) is 3.42. The Balaban J connectivity index is 1.28. The van der Waals surface area contributed by atoms with E-state index in [2.05, 4.69) is 31.6 Å². The molecule has 0 radical (unpaired) electrons. The Morgan fingerprint density at radius 3 is 2.29 bits per heavy atom. The van der Waals surface area contributed by atoms with Crippen molar-refractivity contribution in [2.24, 2.45) is 0 Å². The summed E-state index contributed by atoms with van der Waals surface area (Å²) in [5.74, 6) is 1.67. The van der Waals surface area contributed by atoms with Gasteiger partial charge in [-0.1, -0.05) is 6.92 Å². The summed E-state index contributed by atoms with van der Waals surface area (Å²) >= 11 is 0. The van der Waals surface area contributed by atoms with Crippen LogP contribution in [0.15, 0.2) is 12.4 Å². The van der Waals surface area contributed by atoms with Gasteiger partial charge in [0, 0.05) is 57.7 Å². The second-order valence-electron chi connectivity index (χ2n) is 6.62. The molecule has 0 unspecified atom stereocenters. The fourth-order valence-electron chi connectivity index (χ4n) is 3.42. The lowest BCUT2D eigenvalue weighted by Gasteiger charge is -2.48. The molecule has 2 aliphatic heterocycles. The van der Waals surface area contributed by atoms with E-state index in [0.29, 0.717) is 6.04 Å². The summed E-state index contributed by atoms with van der Waals surface area (Å²) in [4.78, 5) is 16.6. The maximum Gasteiger partial charge on any atom is 0.225 e. The lowest BCUT2D eigenvalue weighted by molar-refractivity contribution is 0.0856. The van der Waals surface area contributed by atoms with Crippen LogP contribution in [0.3, 0.4) is 0 Å². The van der Waals surface area contributed by atoms with E-state index in [-0.39, 0.29) is 0 Å². The van der Waals surface area contributed by atoms with Crippen LogP contribution >= 0.6 is 0 Å². The van der Waals surface area contributed by atoms with Crippen LogP contribution in [0, 0.1) is 0 Å². The number of hydrogen-bond acceptors (Lipinski definition) is 5. The Bertz CT molecular complexity index is 470. The zero-order valence-corrected chi connectivity index (χ0v) is 12.9. The number of anilines is 1. The minimum absolute atomic E-state index is 0.704. The fraction of sp³-hybridized carbons (Fsp3) is 0.750. The molecule has 3 fully saturated rings. The van der Waals surface area contributed by atoms with Gasteiger partial charge in [0.05, 0.1) is 0 Å². The Morgan fingerprint density at radius 1 is 1.05 bits per heavy atom. The molecule has 5 nitrogen and oxygen atoms in total. The molecule has 0 bridgehead atoms. The van der Waals surface area contributed by atoms with Gasteiger partial charge in [0.25, 0.3) is 0 Å². The summed E-state index contributed by atoms with van der Waals surface area (Å²) in [6.45, 7) is 10.5. The molecule has 0 spiro atoms. The van der Waals surface area contributed by atoms with E-state index < -0.39 is 0 Å². The largest absolute Gasteiger partial charge is 0.338 e. The molecular weight excluding hydrogens is 262 g/mol. The predicted octanol–water partition coefficient (Wildman–Crippen LogP) is 1.18. The third-order valence-corrected chi connectivity index (χ3v) is 5.22. The summed E-state index contributed by atoms with van der Waals surface area (Å²) in [7, 11) is 0. The number of hydrogen-bond donors (Lipinski definition) is 0. The van der Waals surface area contributed by atoms with Gasteiger partial charge in [0.15, 0.2) is 0 Å². The average Bonchev–Trinajstić information content (AvgIpc) is 3.32. The van der Waals surface area contributed by atoms with E-state index in [1.807, 2.05) is 12.4 Å². The molecule has 0 amide bonds. The Labute approximate surface area is 127 Å². The van der Waals surface area contributed by atoms with Gasteiger partial charge in [-0.25, -0.2) is 9.97 Å². The Morgan fingerprint density at radius 2 is 1.71 bits per heavy atom. The van der Waals surface area contributed by atoms with Crippen LogP contribution in [0.25, 0.3) is 0 Å². The summed E-state index contributed by atoms with van der Waals surface area (Å²) in [6, 6.07) is 0.704. The topological polar surface area (TPSA) is 35.5 Å². The monoisotopic (exact) mass is 287 g/mol. The molecule has 1 aromatic heterocycles. The number of rotatable bonds is 4. The van der Waals surface area contributed by atoms with Crippen molar-refractivity contribution < 1.29 is 0 Å². The molecule has 3 aliphatic rings. The predicted molar refractivity (Wildman–Crippen MR) is 83.7 cm³/mol. The van der Waals surface area contributed by atoms with Gasteiger partial charge in [-0.05, 0) is 30.9 Å². The van der Waals surface area contributed by atoms with Crippen LogP contribution in [-0.2, 0) is 0 Å². The molecule has 3 heterocycles. The first-order chi connectivity index (χ1) is 10.3. The molecule has 4 rings (SSSR count). The smallest absolute Gasteiger partial charge is 0.225 e. The SMILES string of the molecule is CCN1CCN(C2CN(c3ncc(C4CC4)cn3)C2)CC1. The third-order valence-electron chi connectivity index (χ3n) is 5.22. The second kappa shape index (κ2) is 5.54. The second-order valence-corrected chi connectivity index (χ2v) is 6.62. The zero-order valence-electron chi connectivity index (χ0n) is 12.9. The summed E-state index contributed by atoms with van der Waals surface area (Å²) in [6.07, 6.45) is 6.71. The highest BCUT2D eigenvalue weighted by Crippen LogP contribution is 2.39. The molecule has 1 aromatic rings. The van der Waals surface area contributed by atoms with Gasteiger partial charge in [-0.3, -0.25) is 4.90 Å². The molecule has 114 valence electrons. The average molecular weight is 287 g/mol. The lowest BCUT2D eigenvalue weighted by Crippen LogP contribution is -2.63. The zero-order chi connectivity index (χ0) is 14.2. The highest BCUT2D eigenvalue weighted by molar-refractivity contribution is 5.36. The quantitative estimate of drug-likeness (QED) is 0.831. The lowest BCUT2D eigenvalue weighted by atomic mass is 10.1. The number of piperazine rings is 1. The van der Waals surface area contributed by atoms with E-state index in [9.17, 15) is 0 Å². The molecule has 2 saturated heterocycles. The van der Waals surface area contributed by atoms with Crippen molar-refractivity contribution in [1.29, 1.82) is 0 Å². The van der Waals surface area contributed by atoms with Crippen LogP contribution in [0.5, 0.6) is 0 Å². The van der Waals surface area contributed by atoms with Gasteiger partial charge >= 0.3 is 0 Å². The minimum Gasteiger partial charge on any atom is -0.338 e. The van der Waals surface area contributed by atoms with Crippen molar-refractivity contribution >= 4 is 5.95 Å². The van der Waals surface area contributed by atoms with Gasteiger partial charge < -0.3 is 9.80 Å². The molecule has 1 saturated carbocycles. The molecule has 21 heavy (non-hydrogen) atoms. The van der Waals surface area contributed by atoms with Gasteiger partial charge in [0.1, 0.15) is 0 Å². The van der Waals surface area contributed by atoms with Crippen molar-refractivity contribution in [2.75, 3.05) is 50.7 Å². The van der Waals surface area contributed by atoms with Crippen molar-refractivity contribution in [3.05, 3.63) is 18.0 Å². The van der Waals surface area contributed by atoms with Crippen molar-refractivity contribution in [1.82, 2.24) is 19.8 Å². The normalized spacial score (nSPS) is 25.1. The maximum atomic E-state index is 4.55. The first-order valence-corrected chi connectivity index (χ1v) is 8.37. The first kappa shape index (κ1) is 13.5. The van der Waals surface area contributed by atoms with E-state index in [1.54, 1.807) is 0 Å². The van der Waals surface area contributed by atoms with E-state index >= 15 is 0 Å². The molecule has 5 heteroatoms. The Kier molecular flexibility index (Phi) is 3.55. The van der Waals surface area contributed by atoms with E-state index in [1.165, 1.54) is 51.1 Å². The third kappa shape index (κ3) is 2.77. The summed E-state index contributed by atoms with van der Waals surface area (Å²) < 4.78 is 0. The molecule has 0 aromatic carbocycles. The minimum atomic E-state index is 0.704. The number of aromatic nitrogens is 2. The van der Waals surface area contributed by atoms with Crippen molar-refractivity contribution in [3.8, 4) is 0 Å². The first-order valence-electron chi connectivity index (χ1n) is 8.37. The van der Waals surface area contributed by atoms with Crippen LogP contribution < -0.4 is 4.90 Å². The van der Waals surface area contributed by atoms with Gasteiger partial charge in [-0.15, -0.1) is 0 Å². The highest BCUT2D eigenvalue weighted by Gasteiger charge is 2.34. The molecule has 1 aliphatic carbocycles. The highest BCUT2D eigenvalue weighted by atomic mass is 15.4. The van der Waals surface area contributed by atoms with E-state index in [4.69, 9.17) is 0 Å². The van der Waals surface area contributed by atoms with Crippen LogP contribution in [0.1, 0.15) is 31.2 Å². The van der Waals surface area contributed by atoms with Gasteiger partial charge in [0.2, 0.25) is 5.95 Å². The van der Waals surface area contributed by atoms with Crippen LogP contribution in [-0.4, -0.2) is 71.6 Å². The van der Waals surface area contributed by atoms with E-state index in [0.717, 1.165) is 25.0 Å². The summed E-state index contributed by atoms with van der Waals surface area (Å²) in [5.41, 5.74) is 1.33. The molecule has 0 N–H and O–H groups in total. The molecular formula is C16H25N5. The van der Waals surface area contributed by atoms with Crippen LogP contribution in [0.2, 0.25) is 0 Å². The van der Waals surface area contributed by atoms with Crippen LogP contribution in [0.4, 0.5) is 5.95 Å². The standard InChI is InChI=1S/C16H25N5/c1-2-19-5-7-20(8-6-19)15-11-21(12-15)16-17-9-14(10-18-16)13-3-4-13/h9-10,13,15H,2-8,11-12H2,1H3. The Hall–Kier alpha value is -1.20. The van der Waals surface area contributed by atoms with Crippen molar-refractivity contribution in [2.45, 2.75) is 31.7 Å².